The molecular formula is C11H21N3S. The van der Waals surface area contributed by atoms with E-state index in [9.17, 15) is 0 Å². The number of hydrogen-bond acceptors (Lipinski definition) is 2. The van der Waals surface area contributed by atoms with E-state index in [1.807, 2.05) is 4.68 Å². The topological polar surface area (TPSA) is 33.6 Å². The fraction of sp³-hybridized carbons (Fsp3) is 0.818. The van der Waals surface area contributed by atoms with E-state index in [1.54, 1.807) is 6.33 Å². The molecule has 0 aromatic carbocycles. The Hall–Kier alpha value is -0.640. The van der Waals surface area contributed by atoms with Gasteiger partial charge in [0.1, 0.15) is 6.33 Å². The van der Waals surface area contributed by atoms with Crippen LogP contribution in [0.4, 0.5) is 0 Å². The summed E-state index contributed by atoms with van der Waals surface area (Å²) in [7, 11) is 0. The third-order valence-corrected chi connectivity index (χ3v) is 3.01. The molecular weight excluding hydrogens is 206 g/mol. The van der Waals surface area contributed by atoms with Gasteiger partial charge in [0.25, 0.3) is 0 Å². The van der Waals surface area contributed by atoms with Crippen molar-refractivity contribution in [3.8, 4) is 0 Å². The Morgan fingerprint density at radius 1 is 1.33 bits per heavy atom. The molecule has 0 fully saturated rings. The third kappa shape index (κ3) is 3.78. The van der Waals surface area contributed by atoms with Gasteiger partial charge in [-0.15, -0.1) is 0 Å². The minimum absolute atomic E-state index is 0.511. The normalized spacial score (nSPS) is 12.9. The lowest BCUT2D eigenvalue weighted by Gasteiger charge is -2.16. The number of nitrogens with one attached hydrogen (secondary N) is 1. The van der Waals surface area contributed by atoms with Gasteiger partial charge in [0.05, 0.1) is 6.04 Å². The molecule has 0 radical (unpaired) electrons. The molecule has 1 N–H and O–H groups in total. The van der Waals surface area contributed by atoms with Crippen LogP contribution < -0.4 is 0 Å². The summed E-state index contributed by atoms with van der Waals surface area (Å²) in [5.74, 6) is 0. The summed E-state index contributed by atoms with van der Waals surface area (Å²) in [5, 5.41) is 3.12. The number of aromatic amines is 1. The van der Waals surface area contributed by atoms with Crippen LogP contribution in [0.3, 0.4) is 0 Å². The van der Waals surface area contributed by atoms with Gasteiger partial charge in [0, 0.05) is 0 Å². The summed E-state index contributed by atoms with van der Waals surface area (Å²) in [6, 6.07) is 0.511. The second kappa shape index (κ2) is 6.77. The summed E-state index contributed by atoms with van der Waals surface area (Å²) in [5.41, 5.74) is 0. The molecule has 0 bridgehead atoms. The highest BCUT2D eigenvalue weighted by molar-refractivity contribution is 7.71. The molecule has 0 amide bonds. The Labute approximate surface area is 96.9 Å². The average molecular weight is 227 g/mol. The van der Waals surface area contributed by atoms with Crippen LogP contribution in [0.5, 0.6) is 0 Å². The summed E-state index contributed by atoms with van der Waals surface area (Å²) >= 11 is 5.18. The largest absolute Gasteiger partial charge is 0.285 e. The molecule has 1 aromatic heterocycles. The van der Waals surface area contributed by atoms with Gasteiger partial charge in [-0.05, 0) is 25.1 Å². The summed E-state index contributed by atoms with van der Waals surface area (Å²) in [6.07, 6.45) is 9.12. The number of hydrogen-bond donors (Lipinski definition) is 1. The van der Waals surface area contributed by atoms with Crippen LogP contribution in [0, 0.1) is 4.77 Å². The van der Waals surface area contributed by atoms with Gasteiger partial charge in [0.2, 0.25) is 4.77 Å². The molecule has 1 unspecified atom stereocenters. The second-order valence-electron chi connectivity index (χ2n) is 3.98. The Morgan fingerprint density at radius 3 is 2.67 bits per heavy atom. The first kappa shape index (κ1) is 12.4. The molecule has 1 heterocycles. The van der Waals surface area contributed by atoms with Crippen molar-refractivity contribution in [3.63, 3.8) is 0 Å². The molecule has 0 spiro atoms. The van der Waals surface area contributed by atoms with Crippen LogP contribution in [0.1, 0.15) is 58.4 Å². The molecule has 15 heavy (non-hydrogen) atoms. The van der Waals surface area contributed by atoms with Crippen LogP contribution in [0.15, 0.2) is 6.33 Å². The number of unbranched alkanes of at least 4 members (excludes halogenated alkanes) is 2. The number of nitrogens with zero attached hydrogens (tertiary/aromatic N) is 2. The van der Waals surface area contributed by atoms with E-state index < -0.39 is 0 Å². The summed E-state index contributed by atoms with van der Waals surface area (Å²) in [4.78, 5) is 4.07. The molecule has 4 heteroatoms. The standard InChI is InChI=1S/C11H21N3S/c1-3-5-6-8-10(7-4-2)14-11(15)12-9-13-14/h9-10H,3-8H2,1-2H3,(H,12,13,15). The van der Waals surface area contributed by atoms with E-state index in [4.69, 9.17) is 12.2 Å². The van der Waals surface area contributed by atoms with E-state index in [1.165, 1.54) is 38.5 Å². The highest BCUT2D eigenvalue weighted by atomic mass is 32.1. The fourth-order valence-electron chi connectivity index (χ4n) is 1.89. The van der Waals surface area contributed by atoms with Gasteiger partial charge in [0.15, 0.2) is 0 Å². The number of aromatic nitrogens is 3. The van der Waals surface area contributed by atoms with Crippen LogP contribution in [-0.2, 0) is 0 Å². The van der Waals surface area contributed by atoms with Gasteiger partial charge in [-0.25, -0.2) is 4.98 Å². The quantitative estimate of drug-likeness (QED) is 0.567. The van der Waals surface area contributed by atoms with Crippen molar-refractivity contribution >= 4 is 12.2 Å². The predicted octanol–water partition coefficient (Wildman–Crippen LogP) is 3.86. The number of rotatable bonds is 7. The molecule has 1 rings (SSSR count). The third-order valence-electron chi connectivity index (χ3n) is 2.71. The van der Waals surface area contributed by atoms with E-state index in [-0.39, 0.29) is 0 Å². The van der Waals surface area contributed by atoms with Crippen LogP contribution >= 0.6 is 12.2 Å². The average Bonchev–Trinajstić information content (AvgIpc) is 2.64. The smallest absolute Gasteiger partial charge is 0.216 e. The Bertz CT molecular complexity index is 316. The highest BCUT2D eigenvalue weighted by Gasteiger charge is 2.10. The first-order chi connectivity index (χ1) is 7.29. The van der Waals surface area contributed by atoms with Crippen molar-refractivity contribution in [1.29, 1.82) is 0 Å². The molecule has 1 atom stereocenters. The van der Waals surface area contributed by atoms with Crippen molar-refractivity contribution < 1.29 is 0 Å². The molecule has 1 aromatic rings. The Morgan fingerprint density at radius 2 is 2.13 bits per heavy atom. The second-order valence-corrected chi connectivity index (χ2v) is 4.34. The van der Waals surface area contributed by atoms with Crippen molar-refractivity contribution in [2.75, 3.05) is 0 Å². The zero-order valence-corrected chi connectivity index (χ0v) is 10.5. The van der Waals surface area contributed by atoms with Gasteiger partial charge in [-0.3, -0.25) is 9.78 Å². The lowest BCUT2D eigenvalue weighted by molar-refractivity contribution is 0.376. The van der Waals surface area contributed by atoms with E-state index in [2.05, 4.69) is 23.9 Å². The van der Waals surface area contributed by atoms with Gasteiger partial charge in [-0.1, -0.05) is 39.5 Å². The van der Waals surface area contributed by atoms with Crippen molar-refractivity contribution in [2.24, 2.45) is 0 Å². The van der Waals surface area contributed by atoms with Gasteiger partial charge >= 0.3 is 0 Å². The molecule has 3 nitrogen and oxygen atoms in total. The molecule has 86 valence electrons. The molecule has 0 saturated heterocycles. The van der Waals surface area contributed by atoms with Crippen LogP contribution in [-0.4, -0.2) is 14.8 Å². The maximum absolute atomic E-state index is 5.18. The summed E-state index contributed by atoms with van der Waals surface area (Å²) in [6.45, 7) is 4.45. The van der Waals surface area contributed by atoms with E-state index >= 15 is 0 Å². The minimum Gasteiger partial charge on any atom is -0.285 e. The minimum atomic E-state index is 0.511. The molecule has 0 aliphatic heterocycles. The number of H-pyrrole nitrogens is 1. The van der Waals surface area contributed by atoms with Gasteiger partial charge in [-0.2, -0.15) is 0 Å². The predicted molar refractivity (Wildman–Crippen MR) is 65.5 cm³/mol. The van der Waals surface area contributed by atoms with E-state index in [0.29, 0.717) is 10.8 Å². The lowest BCUT2D eigenvalue weighted by atomic mass is 10.0. The lowest BCUT2D eigenvalue weighted by Crippen LogP contribution is -2.10. The molecule has 0 aliphatic rings. The first-order valence-electron chi connectivity index (χ1n) is 5.91. The van der Waals surface area contributed by atoms with Crippen molar-refractivity contribution in [3.05, 3.63) is 11.1 Å². The van der Waals surface area contributed by atoms with Gasteiger partial charge < -0.3 is 0 Å². The summed E-state index contributed by atoms with van der Waals surface area (Å²) < 4.78 is 2.72. The zero-order chi connectivity index (χ0) is 11.1. The molecule has 0 saturated carbocycles. The first-order valence-corrected chi connectivity index (χ1v) is 6.32. The van der Waals surface area contributed by atoms with Crippen molar-refractivity contribution in [2.45, 2.75) is 58.4 Å². The monoisotopic (exact) mass is 227 g/mol. The SMILES string of the molecule is CCCCCC(CCC)n1[nH]cnc1=S. The van der Waals surface area contributed by atoms with Crippen LogP contribution in [0.25, 0.3) is 0 Å². The molecule has 0 aliphatic carbocycles. The Balaban J connectivity index is 2.57. The highest BCUT2D eigenvalue weighted by Crippen LogP contribution is 2.20. The van der Waals surface area contributed by atoms with Crippen molar-refractivity contribution in [1.82, 2.24) is 14.8 Å². The maximum atomic E-state index is 5.18. The Kier molecular flexibility index (Phi) is 5.61. The maximum Gasteiger partial charge on any atom is 0.216 e. The van der Waals surface area contributed by atoms with Crippen LogP contribution in [0.2, 0.25) is 0 Å². The zero-order valence-electron chi connectivity index (χ0n) is 9.70. The van der Waals surface area contributed by atoms with E-state index in [0.717, 1.165) is 0 Å². The fourth-order valence-corrected chi connectivity index (χ4v) is 2.15.